The predicted molar refractivity (Wildman–Crippen MR) is 62.3 cm³/mol. The van der Waals surface area contributed by atoms with E-state index in [0.29, 0.717) is 5.69 Å². The summed E-state index contributed by atoms with van der Waals surface area (Å²) in [6, 6.07) is 7.49. The number of benzene rings is 1. The Morgan fingerprint density at radius 1 is 1.53 bits per heavy atom. The van der Waals surface area contributed by atoms with Crippen molar-refractivity contribution in [2.24, 2.45) is 7.05 Å². The number of rotatable bonds is 3. The van der Waals surface area contributed by atoms with Crippen LogP contribution in [0.2, 0.25) is 0 Å². The zero-order chi connectivity index (χ0) is 12.4. The van der Waals surface area contributed by atoms with Crippen LogP contribution >= 0.6 is 0 Å². The molecule has 1 aromatic carbocycles. The molecule has 5 nitrogen and oxygen atoms in total. The molecule has 1 atom stereocenters. The summed E-state index contributed by atoms with van der Waals surface area (Å²) in [5, 5.41) is 15.2. The van der Waals surface area contributed by atoms with Gasteiger partial charge in [-0.3, -0.25) is 9.48 Å². The molecule has 0 unspecified atom stereocenters. The number of aliphatic hydroxyl groups excluding tert-OH is 1. The fraction of sp³-hybridized carbons (Fsp3) is 0.333. The van der Waals surface area contributed by atoms with Crippen molar-refractivity contribution in [3.05, 3.63) is 30.0 Å². The molecule has 17 heavy (non-hydrogen) atoms. The molecule has 0 saturated carbocycles. The van der Waals surface area contributed by atoms with Gasteiger partial charge in [-0.25, -0.2) is 0 Å². The quantitative estimate of drug-likeness (QED) is 0.810. The predicted octanol–water partition coefficient (Wildman–Crippen LogP) is 1.17. The Morgan fingerprint density at radius 3 is 2.94 bits per heavy atom. The Bertz CT molecular complexity index is 548. The number of hydrogen-bond acceptors (Lipinski definition) is 4. The summed E-state index contributed by atoms with van der Waals surface area (Å²) >= 11 is 0. The smallest absolute Gasteiger partial charge is 0.308 e. The highest BCUT2D eigenvalue weighted by molar-refractivity contribution is 5.82. The van der Waals surface area contributed by atoms with Crippen LogP contribution in [0.15, 0.2) is 24.3 Å². The van der Waals surface area contributed by atoms with Crippen LogP contribution in [0.25, 0.3) is 10.9 Å². The monoisotopic (exact) mass is 234 g/mol. The first kappa shape index (κ1) is 11.6. The van der Waals surface area contributed by atoms with Crippen molar-refractivity contribution >= 4 is 16.9 Å². The van der Waals surface area contributed by atoms with Gasteiger partial charge in [0.25, 0.3) is 0 Å². The second kappa shape index (κ2) is 4.55. The van der Waals surface area contributed by atoms with E-state index in [9.17, 15) is 9.90 Å². The first-order chi connectivity index (χ1) is 8.13. The number of ether oxygens (including phenoxy) is 1. The zero-order valence-electron chi connectivity index (χ0n) is 9.75. The number of hydrogen-bond donors (Lipinski definition) is 1. The minimum atomic E-state index is -0.903. The molecule has 0 aliphatic heterocycles. The van der Waals surface area contributed by atoms with E-state index in [0.717, 1.165) is 10.9 Å². The van der Waals surface area contributed by atoms with Crippen molar-refractivity contribution in [3.63, 3.8) is 0 Å². The highest BCUT2D eigenvalue weighted by atomic mass is 16.5. The van der Waals surface area contributed by atoms with Crippen LogP contribution in [0, 0.1) is 0 Å². The molecule has 0 spiro atoms. The van der Waals surface area contributed by atoms with Gasteiger partial charge in [0.1, 0.15) is 6.10 Å². The maximum atomic E-state index is 11.2. The van der Waals surface area contributed by atoms with E-state index in [-0.39, 0.29) is 6.42 Å². The Labute approximate surface area is 98.6 Å². The van der Waals surface area contributed by atoms with Crippen molar-refractivity contribution in [2.45, 2.75) is 12.5 Å². The largest absolute Gasteiger partial charge is 0.469 e. The van der Waals surface area contributed by atoms with Gasteiger partial charge in [-0.2, -0.15) is 5.10 Å². The molecule has 0 aliphatic rings. The lowest BCUT2D eigenvalue weighted by Gasteiger charge is -2.10. The molecule has 0 amide bonds. The third-order valence-electron chi connectivity index (χ3n) is 2.69. The summed E-state index contributed by atoms with van der Waals surface area (Å²) < 4.78 is 6.14. The highest BCUT2D eigenvalue weighted by Crippen LogP contribution is 2.25. The topological polar surface area (TPSA) is 64.3 Å². The number of aliphatic hydroxyl groups is 1. The molecule has 1 heterocycles. The molecule has 2 rings (SSSR count). The summed E-state index contributed by atoms with van der Waals surface area (Å²) in [4.78, 5) is 11.2. The van der Waals surface area contributed by atoms with Gasteiger partial charge in [0, 0.05) is 12.4 Å². The maximum absolute atomic E-state index is 11.2. The van der Waals surface area contributed by atoms with Crippen molar-refractivity contribution in [3.8, 4) is 0 Å². The van der Waals surface area contributed by atoms with Gasteiger partial charge < -0.3 is 9.84 Å². The molecule has 90 valence electrons. The van der Waals surface area contributed by atoms with Crippen LogP contribution in [0.3, 0.4) is 0 Å². The Hall–Kier alpha value is -1.88. The standard InChI is InChI=1S/C12H14N2O3/c1-14-12(10(15)7-11(16)17-2)8-5-3-4-6-9(8)13-14/h3-6,10,15H,7H2,1-2H3/t10-/m1/s1. The number of methoxy groups -OCH3 is 1. The van der Waals surface area contributed by atoms with Crippen LogP contribution in [0.4, 0.5) is 0 Å². The molecular weight excluding hydrogens is 220 g/mol. The Kier molecular flexibility index (Phi) is 3.10. The number of aryl methyl sites for hydroxylation is 1. The van der Waals surface area contributed by atoms with Crippen molar-refractivity contribution in [1.29, 1.82) is 0 Å². The van der Waals surface area contributed by atoms with Gasteiger partial charge in [-0.1, -0.05) is 18.2 Å². The molecule has 1 N–H and O–H groups in total. The molecule has 0 fully saturated rings. The molecule has 0 saturated heterocycles. The molecular formula is C12H14N2O3. The first-order valence-corrected chi connectivity index (χ1v) is 5.30. The average Bonchev–Trinajstić information content (AvgIpc) is 2.64. The second-order valence-electron chi connectivity index (χ2n) is 3.82. The van der Waals surface area contributed by atoms with E-state index in [1.165, 1.54) is 7.11 Å². The second-order valence-corrected chi connectivity index (χ2v) is 3.82. The number of carbonyl (C=O) groups is 1. The van der Waals surface area contributed by atoms with Crippen molar-refractivity contribution in [2.75, 3.05) is 7.11 Å². The fourth-order valence-electron chi connectivity index (χ4n) is 1.90. The summed E-state index contributed by atoms with van der Waals surface area (Å²) in [6.45, 7) is 0. The Balaban J connectivity index is 2.40. The lowest BCUT2D eigenvalue weighted by molar-refractivity contribution is -0.142. The van der Waals surface area contributed by atoms with Crippen LogP contribution < -0.4 is 0 Å². The minimum Gasteiger partial charge on any atom is -0.469 e. The molecule has 5 heteroatoms. The van der Waals surface area contributed by atoms with Crippen LogP contribution in [-0.4, -0.2) is 28.0 Å². The van der Waals surface area contributed by atoms with Crippen molar-refractivity contribution < 1.29 is 14.6 Å². The van der Waals surface area contributed by atoms with E-state index in [4.69, 9.17) is 0 Å². The molecule has 0 radical (unpaired) electrons. The van der Waals surface area contributed by atoms with Crippen LogP contribution in [0.1, 0.15) is 18.2 Å². The van der Waals surface area contributed by atoms with E-state index >= 15 is 0 Å². The van der Waals surface area contributed by atoms with E-state index in [1.54, 1.807) is 11.7 Å². The molecule has 0 bridgehead atoms. The first-order valence-electron chi connectivity index (χ1n) is 5.30. The fourth-order valence-corrected chi connectivity index (χ4v) is 1.90. The lowest BCUT2D eigenvalue weighted by atomic mass is 10.1. The maximum Gasteiger partial charge on any atom is 0.308 e. The number of aromatic nitrogens is 2. The summed E-state index contributed by atoms with van der Waals surface area (Å²) in [5.74, 6) is -0.442. The normalized spacial score (nSPS) is 12.6. The van der Waals surface area contributed by atoms with E-state index in [2.05, 4.69) is 9.84 Å². The van der Waals surface area contributed by atoms with Gasteiger partial charge >= 0.3 is 5.97 Å². The Morgan fingerprint density at radius 2 is 2.24 bits per heavy atom. The van der Waals surface area contributed by atoms with Crippen LogP contribution in [-0.2, 0) is 16.6 Å². The molecule has 0 aliphatic carbocycles. The number of esters is 1. The van der Waals surface area contributed by atoms with Crippen LogP contribution in [0.5, 0.6) is 0 Å². The minimum absolute atomic E-state index is 0.0694. The van der Waals surface area contributed by atoms with Gasteiger partial charge in [0.15, 0.2) is 0 Å². The summed E-state index contributed by atoms with van der Waals surface area (Å²) in [7, 11) is 3.05. The molecule has 2 aromatic rings. The molecule has 1 aromatic heterocycles. The lowest BCUT2D eigenvalue weighted by Crippen LogP contribution is -2.11. The van der Waals surface area contributed by atoms with E-state index in [1.807, 2.05) is 24.3 Å². The van der Waals surface area contributed by atoms with Crippen molar-refractivity contribution in [1.82, 2.24) is 9.78 Å². The number of nitrogens with zero attached hydrogens (tertiary/aromatic N) is 2. The van der Waals surface area contributed by atoms with Gasteiger partial charge in [0.2, 0.25) is 0 Å². The third kappa shape index (κ3) is 2.14. The average molecular weight is 234 g/mol. The van der Waals surface area contributed by atoms with E-state index < -0.39 is 12.1 Å². The van der Waals surface area contributed by atoms with Gasteiger partial charge in [0.05, 0.1) is 24.7 Å². The number of carbonyl (C=O) groups excluding carboxylic acids is 1. The highest BCUT2D eigenvalue weighted by Gasteiger charge is 2.20. The number of fused-ring (bicyclic) bond motifs is 1. The zero-order valence-corrected chi connectivity index (χ0v) is 9.75. The summed E-state index contributed by atoms with van der Waals surface area (Å²) in [6.07, 6.45) is -0.972. The SMILES string of the molecule is COC(=O)C[C@@H](O)c1c2ccccc2nn1C. The van der Waals surface area contributed by atoms with Gasteiger partial charge in [-0.15, -0.1) is 0 Å². The summed E-state index contributed by atoms with van der Waals surface area (Å²) in [5.41, 5.74) is 1.43. The van der Waals surface area contributed by atoms with Gasteiger partial charge in [-0.05, 0) is 6.07 Å². The third-order valence-corrected chi connectivity index (χ3v) is 2.69.